The van der Waals surface area contributed by atoms with Crippen LogP contribution in [0.5, 0.6) is 0 Å². The molecule has 11 nitrogen and oxygen atoms in total. The average Bonchev–Trinajstić information content (AvgIpc) is 2.89. The maximum Gasteiger partial charge on any atom is 0.330 e. The summed E-state index contributed by atoms with van der Waals surface area (Å²) < 4.78 is 22.1. The fraction of sp³-hybridized carbons (Fsp3) is 0.562. The molecule has 12 heteroatoms. The number of esters is 3. The predicted octanol–water partition coefficient (Wildman–Crippen LogP) is -0.245. The van der Waals surface area contributed by atoms with Crippen LogP contribution in [0.2, 0.25) is 0 Å². The minimum atomic E-state index is -1.23. The van der Waals surface area contributed by atoms with Crippen LogP contribution in [-0.4, -0.2) is 52.4 Å². The molecule has 2 rings (SSSR count). The molecule has 0 radical (unpaired) electrons. The van der Waals surface area contributed by atoms with Gasteiger partial charge in [0, 0.05) is 37.9 Å². The van der Waals surface area contributed by atoms with E-state index in [4.69, 9.17) is 18.9 Å². The van der Waals surface area contributed by atoms with Crippen LogP contribution >= 0.6 is 15.9 Å². The number of ether oxygens (including phenoxy) is 4. The Kier molecular flexibility index (Phi) is 7.13. The Balaban J connectivity index is 2.49. The lowest BCUT2D eigenvalue weighted by atomic mass is 10.1. The molecule has 28 heavy (non-hydrogen) atoms. The van der Waals surface area contributed by atoms with Gasteiger partial charge in [-0.1, -0.05) is 15.9 Å². The topological polar surface area (TPSA) is 143 Å². The lowest BCUT2D eigenvalue weighted by Gasteiger charge is -2.24. The van der Waals surface area contributed by atoms with Crippen molar-refractivity contribution < 1.29 is 33.3 Å². The molecule has 0 spiro atoms. The van der Waals surface area contributed by atoms with E-state index >= 15 is 0 Å². The zero-order valence-corrected chi connectivity index (χ0v) is 16.9. The average molecular weight is 463 g/mol. The van der Waals surface area contributed by atoms with E-state index in [1.807, 2.05) is 0 Å². The Morgan fingerprint density at radius 1 is 1.11 bits per heavy atom. The highest BCUT2D eigenvalue weighted by atomic mass is 79.9. The monoisotopic (exact) mass is 462 g/mol. The normalized spacial score (nSPS) is 23.9. The molecule has 1 aromatic heterocycles. The summed E-state index contributed by atoms with van der Waals surface area (Å²) in [6, 6.07) is 0. The van der Waals surface area contributed by atoms with E-state index in [2.05, 4.69) is 20.9 Å². The number of carbonyl (C=O) groups is 3. The van der Waals surface area contributed by atoms with Gasteiger partial charge in [0.1, 0.15) is 12.7 Å². The van der Waals surface area contributed by atoms with Gasteiger partial charge in [-0.05, 0) is 0 Å². The van der Waals surface area contributed by atoms with Crippen LogP contribution in [0.4, 0.5) is 0 Å². The van der Waals surface area contributed by atoms with E-state index in [1.54, 1.807) is 0 Å². The first-order chi connectivity index (χ1) is 13.1. The molecule has 1 N–H and O–H groups in total. The molecule has 154 valence electrons. The molecule has 1 aliphatic rings. The van der Waals surface area contributed by atoms with E-state index in [0.717, 1.165) is 18.4 Å². The number of hydrogen-bond acceptors (Lipinski definition) is 9. The number of aromatic nitrogens is 2. The molecular weight excluding hydrogens is 444 g/mol. The number of halogens is 1. The van der Waals surface area contributed by atoms with E-state index < -0.39 is 53.7 Å². The Morgan fingerprint density at radius 3 is 2.25 bits per heavy atom. The van der Waals surface area contributed by atoms with Gasteiger partial charge < -0.3 is 18.9 Å². The molecule has 2 unspecified atom stereocenters. The molecule has 0 bridgehead atoms. The molecular formula is C16H19BrN2O9. The molecule has 1 aliphatic heterocycles. The number of alkyl halides is 1. The van der Waals surface area contributed by atoms with Gasteiger partial charge in [-0.15, -0.1) is 0 Å². The van der Waals surface area contributed by atoms with Crippen molar-refractivity contribution >= 4 is 33.8 Å². The molecule has 0 amide bonds. The van der Waals surface area contributed by atoms with E-state index in [-0.39, 0.29) is 17.5 Å². The van der Waals surface area contributed by atoms with Gasteiger partial charge in [0.2, 0.25) is 0 Å². The van der Waals surface area contributed by atoms with Gasteiger partial charge in [0.15, 0.2) is 18.4 Å². The summed E-state index contributed by atoms with van der Waals surface area (Å²) in [5.74, 6) is -1.99. The summed E-state index contributed by atoms with van der Waals surface area (Å²) in [7, 11) is 0. The third-order valence-electron chi connectivity index (χ3n) is 3.80. The number of aromatic amines is 1. The first-order valence-electron chi connectivity index (χ1n) is 8.17. The minimum Gasteiger partial charge on any atom is -0.463 e. The zero-order valence-electron chi connectivity index (χ0n) is 15.3. The Hall–Kier alpha value is -2.47. The second-order valence-electron chi connectivity index (χ2n) is 5.97. The largest absolute Gasteiger partial charge is 0.463 e. The molecule has 4 atom stereocenters. The van der Waals surface area contributed by atoms with Crippen molar-refractivity contribution in [2.24, 2.45) is 0 Å². The van der Waals surface area contributed by atoms with Crippen molar-refractivity contribution in [1.82, 2.24) is 9.55 Å². The van der Waals surface area contributed by atoms with Crippen LogP contribution in [0.1, 0.15) is 32.6 Å². The Bertz CT molecular complexity index is 878. The maximum absolute atomic E-state index is 12.3. The SMILES string of the molecule is CC(=O)OC[C@H]1O[C@@H](n2cc(CBr)c(=O)[nH]c2=O)C(OC(C)=O)C1OC(C)=O. The highest BCUT2D eigenvalue weighted by molar-refractivity contribution is 9.08. The van der Waals surface area contributed by atoms with Crippen LogP contribution in [-0.2, 0) is 38.7 Å². The van der Waals surface area contributed by atoms with Crippen molar-refractivity contribution in [3.8, 4) is 0 Å². The van der Waals surface area contributed by atoms with Gasteiger partial charge in [0.25, 0.3) is 5.56 Å². The Morgan fingerprint density at radius 2 is 1.71 bits per heavy atom. The number of H-pyrrole nitrogens is 1. The van der Waals surface area contributed by atoms with Gasteiger partial charge in [-0.3, -0.25) is 28.7 Å². The van der Waals surface area contributed by atoms with Crippen LogP contribution in [0.3, 0.4) is 0 Å². The highest BCUT2D eigenvalue weighted by Crippen LogP contribution is 2.33. The van der Waals surface area contributed by atoms with E-state index in [9.17, 15) is 24.0 Å². The second kappa shape index (κ2) is 9.15. The predicted molar refractivity (Wildman–Crippen MR) is 95.6 cm³/mol. The number of nitrogens with zero attached hydrogens (tertiary/aromatic N) is 1. The Labute approximate surface area is 167 Å². The summed E-state index contributed by atoms with van der Waals surface area (Å²) in [4.78, 5) is 60.5. The van der Waals surface area contributed by atoms with Crippen molar-refractivity contribution in [2.45, 2.75) is 50.6 Å². The summed E-state index contributed by atoms with van der Waals surface area (Å²) in [6.45, 7) is 3.17. The molecule has 0 aromatic carbocycles. The third kappa shape index (κ3) is 5.07. The molecule has 0 aliphatic carbocycles. The van der Waals surface area contributed by atoms with Crippen molar-refractivity contribution in [1.29, 1.82) is 0 Å². The van der Waals surface area contributed by atoms with Gasteiger partial charge in [0.05, 0.1) is 0 Å². The summed E-state index contributed by atoms with van der Waals surface area (Å²) >= 11 is 3.14. The second-order valence-corrected chi connectivity index (χ2v) is 6.53. The number of carbonyl (C=O) groups excluding carboxylic acids is 3. The highest BCUT2D eigenvalue weighted by Gasteiger charge is 2.51. The smallest absolute Gasteiger partial charge is 0.330 e. The first kappa shape index (κ1) is 21.8. The molecule has 1 saturated heterocycles. The summed E-state index contributed by atoms with van der Waals surface area (Å²) in [5.41, 5.74) is -1.18. The fourth-order valence-corrected chi connectivity index (χ4v) is 3.13. The molecule has 0 saturated carbocycles. The van der Waals surface area contributed by atoms with Gasteiger partial charge >= 0.3 is 23.6 Å². The van der Waals surface area contributed by atoms with Crippen molar-refractivity contribution in [3.63, 3.8) is 0 Å². The van der Waals surface area contributed by atoms with Gasteiger partial charge in [-0.2, -0.15) is 0 Å². The number of nitrogens with one attached hydrogen (secondary N) is 1. The molecule has 1 fully saturated rings. The van der Waals surface area contributed by atoms with E-state index in [0.29, 0.717) is 0 Å². The summed E-state index contributed by atoms with van der Waals surface area (Å²) in [5, 5.41) is 0.151. The lowest BCUT2D eigenvalue weighted by Crippen LogP contribution is -2.42. The number of hydrogen-bond donors (Lipinski definition) is 1. The molecule has 2 heterocycles. The quantitative estimate of drug-likeness (QED) is 0.343. The van der Waals surface area contributed by atoms with E-state index in [1.165, 1.54) is 13.1 Å². The van der Waals surface area contributed by atoms with Crippen molar-refractivity contribution in [3.05, 3.63) is 32.6 Å². The molecule has 1 aromatic rings. The maximum atomic E-state index is 12.3. The number of rotatable bonds is 6. The van der Waals surface area contributed by atoms with Crippen LogP contribution in [0.25, 0.3) is 0 Å². The zero-order chi connectivity index (χ0) is 21.0. The lowest BCUT2D eigenvalue weighted by molar-refractivity contribution is -0.166. The van der Waals surface area contributed by atoms with Gasteiger partial charge in [-0.25, -0.2) is 4.79 Å². The standard InChI is InChI=1S/C16H19BrN2O9/c1-7(20)25-6-11-12(26-8(2)21)13(27-9(3)22)15(28-11)19-5-10(4-17)14(23)18-16(19)24/h5,11-13,15H,4,6H2,1-3H3,(H,18,23,24)/t11-,12?,13?,15-/m1/s1. The summed E-state index contributed by atoms with van der Waals surface area (Å²) in [6.07, 6.45) is -3.34. The third-order valence-corrected chi connectivity index (χ3v) is 4.40. The minimum absolute atomic E-state index is 0.151. The van der Waals surface area contributed by atoms with Crippen LogP contribution in [0.15, 0.2) is 15.8 Å². The van der Waals surface area contributed by atoms with Crippen molar-refractivity contribution in [2.75, 3.05) is 6.61 Å². The van der Waals surface area contributed by atoms with Crippen LogP contribution < -0.4 is 11.2 Å². The first-order valence-corrected chi connectivity index (χ1v) is 9.29. The van der Waals surface area contributed by atoms with Crippen LogP contribution in [0, 0.1) is 0 Å². The fourth-order valence-electron chi connectivity index (χ4n) is 2.73.